The molecule has 2 rings (SSSR count). The molecule has 0 amide bonds. The minimum absolute atomic E-state index is 0.293. The Morgan fingerprint density at radius 2 is 2.19 bits per heavy atom. The largest absolute Gasteiger partial charge is 0.503 e. The third kappa shape index (κ3) is 3.02. The molecular formula is C16H17N3O2. The van der Waals surface area contributed by atoms with E-state index in [0.29, 0.717) is 5.69 Å². The van der Waals surface area contributed by atoms with Gasteiger partial charge in [-0.2, -0.15) is 0 Å². The van der Waals surface area contributed by atoms with Gasteiger partial charge < -0.3 is 14.2 Å². The Morgan fingerprint density at radius 3 is 2.81 bits per heavy atom. The number of pyridine rings is 1. The van der Waals surface area contributed by atoms with Gasteiger partial charge in [-0.3, -0.25) is 4.79 Å². The van der Waals surface area contributed by atoms with Gasteiger partial charge in [0.25, 0.3) is 5.56 Å². The van der Waals surface area contributed by atoms with Crippen molar-refractivity contribution >= 4 is 5.57 Å². The first-order valence-corrected chi connectivity index (χ1v) is 6.46. The second-order valence-electron chi connectivity index (χ2n) is 4.52. The maximum atomic E-state index is 11.5. The molecule has 0 saturated carbocycles. The summed E-state index contributed by atoms with van der Waals surface area (Å²) in [5, 5.41) is 9.62. The Hall–Kier alpha value is -2.82. The van der Waals surface area contributed by atoms with E-state index in [1.54, 1.807) is 30.2 Å². The molecule has 0 spiro atoms. The SMILES string of the molecule is C=CC(=CC=CC)c1cn(-c2cc(O)c(=O)n(C)c2)cn1. The molecule has 21 heavy (non-hydrogen) atoms. The van der Waals surface area contributed by atoms with Crippen LogP contribution in [0.4, 0.5) is 0 Å². The standard InChI is InChI=1S/C16H17N3O2/c1-4-6-7-12(5-2)14-10-19(11-17-14)13-8-15(20)16(21)18(3)9-13/h4-11,20H,2H2,1,3H3. The van der Waals surface area contributed by atoms with Crippen LogP contribution < -0.4 is 5.56 Å². The highest BCUT2D eigenvalue weighted by Crippen LogP contribution is 2.17. The van der Waals surface area contributed by atoms with Crippen LogP contribution in [-0.2, 0) is 7.05 Å². The monoisotopic (exact) mass is 283 g/mol. The van der Waals surface area contributed by atoms with Crippen molar-refractivity contribution < 1.29 is 5.11 Å². The number of rotatable bonds is 4. The van der Waals surface area contributed by atoms with E-state index in [0.717, 1.165) is 11.3 Å². The number of nitrogens with zero attached hydrogens (tertiary/aromatic N) is 3. The van der Waals surface area contributed by atoms with Crippen molar-refractivity contribution in [2.24, 2.45) is 7.05 Å². The zero-order valence-electron chi connectivity index (χ0n) is 12.0. The Morgan fingerprint density at radius 1 is 1.43 bits per heavy atom. The fourth-order valence-corrected chi connectivity index (χ4v) is 1.89. The molecule has 2 aromatic rings. The Kier molecular flexibility index (Phi) is 4.23. The normalized spacial score (nSPS) is 12.0. The summed E-state index contributed by atoms with van der Waals surface area (Å²) in [5.41, 5.74) is 1.87. The molecular weight excluding hydrogens is 266 g/mol. The molecule has 0 aromatic carbocycles. The topological polar surface area (TPSA) is 60.1 Å². The van der Waals surface area contributed by atoms with Gasteiger partial charge in [0.1, 0.15) is 0 Å². The summed E-state index contributed by atoms with van der Waals surface area (Å²) in [5.74, 6) is -0.293. The number of aryl methyl sites for hydroxylation is 1. The van der Waals surface area contributed by atoms with Crippen LogP contribution in [0.2, 0.25) is 0 Å². The van der Waals surface area contributed by atoms with Crippen LogP contribution >= 0.6 is 0 Å². The Balaban J connectivity index is 2.45. The van der Waals surface area contributed by atoms with E-state index in [9.17, 15) is 9.90 Å². The predicted octanol–water partition coefficient (Wildman–Crippen LogP) is 2.42. The molecule has 108 valence electrons. The highest BCUT2D eigenvalue weighted by Gasteiger charge is 2.07. The van der Waals surface area contributed by atoms with Gasteiger partial charge in [-0.15, -0.1) is 0 Å². The number of hydrogen-bond acceptors (Lipinski definition) is 3. The lowest BCUT2D eigenvalue weighted by molar-refractivity contribution is 0.460. The van der Waals surface area contributed by atoms with Gasteiger partial charge in [-0.05, 0) is 6.92 Å². The fraction of sp³-hybridized carbons (Fsp3) is 0.125. The zero-order valence-corrected chi connectivity index (χ0v) is 12.0. The maximum absolute atomic E-state index is 11.5. The van der Waals surface area contributed by atoms with Gasteiger partial charge in [-0.1, -0.05) is 30.9 Å². The second-order valence-corrected chi connectivity index (χ2v) is 4.52. The molecule has 0 aliphatic heterocycles. The quantitative estimate of drug-likeness (QED) is 0.877. The smallest absolute Gasteiger partial charge is 0.292 e. The third-order valence-electron chi connectivity index (χ3n) is 3.01. The maximum Gasteiger partial charge on any atom is 0.292 e. The van der Waals surface area contributed by atoms with Gasteiger partial charge in [0.2, 0.25) is 0 Å². The zero-order chi connectivity index (χ0) is 15.4. The van der Waals surface area contributed by atoms with Crippen molar-refractivity contribution in [3.8, 4) is 11.4 Å². The summed E-state index contributed by atoms with van der Waals surface area (Å²) in [4.78, 5) is 15.8. The summed E-state index contributed by atoms with van der Waals surface area (Å²) in [6, 6.07) is 1.41. The van der Waals surface area contributed by atoms with Crippen molar-refractivity contribution in [1.82, 2.24) is 14.1 Å². The predicted molar refractivity (Wildman–Crippen MR) is 83.5 cm³/mol. The molecule has 5 heteroatoms. The summed E-state index contributed by atoms with van der Waals surface area (Å²) in [6.45, 7) is 5.71. The molecule has 1 N–H and O–H groups in total. The molecule has 0 aliphatic rings. The molecule has 2 heterocycles. The summed E-state index contributed by atoms with van der Waals surface area (Å²) >= 11 is 0. The first-order chi connectivity index (χ1) is 10.1. The minimum Gasteiger partial charge on any atom is -0.503 e. The summed E-state index contributed by atoms with van der Waals surface area (Å²) < 4.78 is 3.07. The summed E-state index contributed by atoms with van der Waals surface area (Å²) in [6.07, 6.45) is 12.6. The van der Waals surface area contributed by atoms with Gasteiger partial charge in [0, 0.05) is 31.1 Å². The highest BCUT2D eigenvalue weighted by atomic mass is 16.3. The number of aromatic hydroxyl groups is 1. The Labute approximate surface area is 122 Å². The summed E-state index contributed by atoms with van der Waals surface area (Å²) in [7, 11) is 1.59. The van der Waals surface area contributed by atoms with E-state index in [1.165, 1.54) is 10.6 Å². The molecule has 0 saturated heterocycles. The van der Waals surface area contributed by atoms with Crippen molar-refractivity contribution in [3.05, 3.63) is 71.7 Å². The van der Waals surface area contributed by atoms with Gasteiger partial charge in [0.05, 0.1) is 17.7 Å². The minimum atomic E-state index is -0.432. The van der Waals surface area contributed by atoms with Crippen LogP contribution in [0, 0.1) is 0 Å². The van der Waals surface area contributed by atoms with Crippen LogP contribution in [0.15, 0.2) is 60.5 Å². The van der Waals surface area contributed by atoms with Crippen molar-refractivity contribution in [2.45, 2.75) is 6.92 Å². The van der Waals surface area contributed by atoms with E-state index < -0.39 is 5.56 Å². The third-order valence-corrected chi connectivity index (χ3v) is 3.01. The lowest BCUT2D eigenvalue weighted by Crippen LogP contribution is -2.16. The van der Waals surface area contributed by atoms with E-state index in [1.807, 2.05) is 31.3 Å². The lowest BCUT2D eigenvalue weighted by Gasteiger charge is -2.05. The van der Waals surface area contributed by atoms with Crippen LogP contribution in [0.1, 0.15) is 12.6 Å². The number of imidazole rings is 1. The van der Waals surface area contributed by atoms with Crippen molar-refractivity contribution in [2.75, 3.05) is 0 Å². The molecule has 0 unspecified atom stereocenters. The van der Waals surface area contributed by atoms with Crippen LogP contribution in [0.5, 0.6) is 5.75 Å². The number of aromatic nitrogens is 3. The van der Waals surface area contributed by atoms with E-state index in [2.05, 4.69) is 11.6 Å². The molecule has 0 aliphatic carbocycles. The van der Waals surface area contributed by atoms with Gasteiger partial charge in [-0.25, -0.2) is 4.98 Å². The first-order valence-electron chi connectivity index (χ1n) is 6.46. The first kappa shape index (κ1) is 14.6. The number of hydrogen-bond donors (Lipinski definition) is 1. The fourth-order valence-electron chi connectivity index (χ4n) is 1.89. The average molecular weight is 283 g/mol. The molecule has 0 atom stereocenters. The van der Waals surface area contributed by atoms with Crippen LogP contribution in [0.25, 0.3) is 11.3 Å². The van der Waals surface area contributed by atoms with E-state index in [4.69, 9.17) is 0 Å². The molecule has 2 aromatic heterocycles. The van der Waals surface area contributed by atoms with E-state index >= 15 is 0 Å². The van der Waals surface area contributed by atoms with Gasteiger partial charge in [0.15, 0.2) is 5.75 Å². The average Bonchev–Trinajstić information content (AvgIpc) is 2.95. The Bertz CT molecular complexity index is 753. The van der Waals surface area contributed by atoms with Crippen LogP contribution in [-0.4, -0.2) is 19.2 Å². The molecule has 5 nitrogen and oxygen atoms in total. The molecule has 0 radical (unpaired) electrons. The van der Waals surface area contributed by atoms with Crippen molar-refractivity contribution in [1.29, 1.82) is 0 Å². The van der Waals surface area contributed by atoms with Crippen LogP contribution in [0.3, 0.4) is 0 Å². The van der Waals surface area contributed by atoms with Crippen molar-refractivity contribution in [3.63, 3.8) is 0 Å². The van der Waals surface area contributed by atoms with E-state index in [-0.39, 0.29) is 5.75 Å². The highest BCUT2D eigenvalue weighted by molar-refractivity contribution is 5.72. The molecule has 0 bridgehead atoms. The molecule has 0 fully saturated rings. The lowest BCUT2D eigenvalue weighted by atomic mass is 10.2. The second kappa shape index (κ2) is 6.09. The number of allylic oxidation sites excluding steroid dienone is 5. The van der Waals surface area contributed by atoms with Gasteiger partial charge >= 0.3 is 0 Å².